The van der Waals surface area contributed by atoms with Gasteiger partial charge in [-0.1, -0.05) is 212 Å². The van der Waals surface area contributed by atoms with Crippen molar-refractivity contribution in [2.45, 2.75) is 0 Å². The topological polar surface area (TPSA) is 101 Å². The molecule has 7 nitrogen and oxygen atoms in total. The molecule has 290 valence electrons. The Morgan fingerprint density at radius 1 is 0.226 bits per heavy atom. The molecule has 2 aromatic heterocycles. The summed E-state index contributed by atoms with van der Waals surface area (Å²) in [6.45, 7) is 0. The first kappa shape index (κ1) is 37.5. The van der Waals surface area contributed by atoms with E-state index in [9.17, 15) is 5.26 Å². The Hall–Kier alpha value is -8.73. The zero-order valence-electron chi connectivity index (χ0n) is 33.3. The molecule has 0 spiro atoms. The Balaban J connectivity index is 1.05. The number of nitriles is 1. The Kier molecular flexibility index (Phi) is 10.2. The maximum absolute atomic E-state index is 11.0. The summed E-state index contributed by atoms with van der Waals surface area (Å²) in [5.74, 6) is 3.47. The van der Waals surface area contributed by atoms with Crippen molar-refractivity contribution in [3.05, 3.63) is 218 Å². The molecular weight excluding hydrogens is 759 g/mol. The zero-order valence-corrected chi connectivity index (χ0v) is 33.3. The summed E-state index contributed by atoms with van der Waals surface area (Å²) in [6, 6.07) is 72.9. The average Bonchev–Trinajstić information content (AvgIpc) is 3.37. The van der Waals surface area contributed by atoms with Crippen molar-refractivity contribution >= 4 is 0 Å². The molecule has 0 aliphatic heterocycles. The van der Waals surface area contributed by atoms with E-state index in [0.717, 1.165) is 66.8 Å². The van der Waals surface area contributed by atoms with Crippen molar-refractivity contribution in [3.8, 4) is 108 Å². The van der Waals surface area contributed by atoms with Gasteiger partial charge in [0.15, 0.2) is 34.9 Å². The minimum atomic E-state index is 0.521. The highest BCUT2D eigenvalue weighted by atomic mass is 15.0. The first-order valence-electron chi connectivity index (χ1n) is 20.3. The average molecular weight is 794 g/mol. The van der Waals surface area contributed by atoms with Crippen LogP contribution in [0.25, 0.3) is 102 Å². The molecule has 0 N–H and O–H groups in total. The zero-order chi connectivity index (χ0) is 41.7. The standard InChI is InChI=1S/C55H35N7/c56-36-49-46(30-17-31-47(49)45-28-15-16-29-48(45)55-61-52(40-22-9-3-10-23-40)60-53(62-55)41-24-11-4-12-25-41)44-27-14-13-26-43(44)37-32-34-42(35-33-37)54-58-50(38-18-5-1-6-19-38)57-51(59-54)39-20-7-2-8-21-39/h1-35H. The van der Waals surface area contributed by atoms with E-state index < -0.39 is 0 Å². The van der Waals surface area contributed by atoms with Crippen LogP contribution in [-0.4, -0.2) is 29.9 Å². The van der Waals surface area contributed by atoms with E-state index in [4.69, 9.17) is 29.9 Å². The minimum absolute atomic E-state index is 0.521. The Labute approximate surface area is 359 Å². The number of aromatic nitrogens is 6. The van der Waals surface area contributed by atoms with Crippen molar-refractivity contribution < 1.29 is 0 Å². The molecule has 0 saturated carbocycles. The maximum atomic E-state index is 11.0. The number of hydrogen-bond acceptors (Lipinski definition) is 7. The highest BCUT2D eigenvalue weighted by Gasteiger charge is 2.20. The van der Waals surface area contributed by atoms with Gasteiger partial charge in [0.05, 0.1) is 5.56 Å². The van der Waals surface area contributed by atoms with E-state index >= 15 is 0 Å². The lowest BCUT2D eigenvalue weighted by Gasteiger charge is -2.16. The normalized spacial score (nSPS) is 10.9. The fourth-order valence-electron chi connectivity index (χ4n) is 7.67. The van der Waals surface area contributed by atoms with Gasteiger partial charge in [0.1, 0.15) is 6.07 Å². The van der Waals surface area contributed by atoms with E-state index in [-0.39, 0.29) is 0 Å². The van der Waals surface area contributed by atoms with Crippen LogP contribution in [0.15, 0.2) is 212 Å². The summed E-state index contributed by atoms with van der Waals surface area (Å²) < 4.78 is 0. The summed E-state index contributed by atoms with van der Waals surface area (Å²) in [6.07, 6.45) is 0. The summed E-state index contributed by atoms with van der Waals surface area (Å²) in [7, 11) is 0. The van der Waals surface area contributed by atoms with Gasteiger partial charge in [-0.15, -0.1) is 0 Å². The molecule has 0 bridgehead atoms. The van der Waals surface area contributed by atoms with Gasteiger partial charge < -0.3 is 0 Å². The number of hydrogen-bond donors (Lipinski definition) is 0. The van der Waals surface area contributed by atoms with Crippen LogP contribution in [0.5, 0.6) is 0 Å². The van der Waals surface area contributed by atoms with E-state index in [1.807, 2.05) is 188 Å². The van der Waals surface area contributed by atoms with Crippen molar-refractivity contribution in [2.24, 2.45) is 0 Å². The van der Waals surface area contributed by atoms with Gasteiger partial charge in [-0.3, -0.25) is 0 Å². The van der Waals surface area contributed by atoms with Gasteiger partial charge in [-0.2, -0.15) is 5.26 Å². The van der Waals surface area contributed by atoms with Gasteiger partial charge in [0.2, 0.25) is 0 Å². The monoisotopic (exact) mass is 793 g/mol. The lowest BCUT2D eigenvalue weighted by molar-refractivity contribution is 1.07. The third-order valence-electron chi connectivity index (χ3n) is 10.7. The molecule has 10 rings (SSSR count). The molecule has 0 fully saturated rings. The van der Waals surface area contributed by atoms with Crippen LogP contribution in [0.4, 0.5) is 0 Å². The predicted molar refractivity (Wildman–Crippen MR) is 247 cm³/mol. The summed E-state index contributed by atoms with van der Waals surface area (Å²) in [5, 5.41) is 11.0. The highest BCUT2D eigenvalue weighted by Crippen LogP contribution is 2.41. The summed E-state index contributed by atoms with van der Waals surface area (Å²) >= 11 is 0. The molecule has 0 aliphatic carbocycles. The second kappa shape index (κ2) is 16.9. The minimum Gasteiger partial charge on any atom is -0.208 e. The second-order valence-electron chi connectivity index (χ2n) is 14.6. The third-order valence-corrected chi connectivity index (χ3v) is 10.7. The third kappa shape index (κ3) is 7.52. The molecule has 7 heteroatoms. The molecule has 62 heavy (non-hydrogen) atoms. The summed E-state index contributed by atoms with van der Waals surface area (Å²) in [5.41, 5.74) is 11.2. The predicted octanol–water partition coefficient (Wildman–Crippen LogP) is 12.9. The Morgan fingerprint density at radius 3 is 0.887 bits per heavy atom. The van der Waals surface area contributed by atoms with E-state index in [1.165, 1.54) is 0 Å². The highest BCUT2D eigenvalue weighted by molar-refractivity contribution is 5.93. The smallest absolute Gasteiger partial charge is 0.164 e. The number of nitrogens with zero attached hydrogens (tertiary/aromatic N) is 7. The molecule has 10 aromatic rings. The van der Waals surface area contributed by atoms with Crippen LogP contribution < -0.4 is 0 Å². The van der Waals surface area contributed by atoms with E-state index in [0.29, 0.717) is 40.5 Å². The van der Waals surface area contributed by atoms with Crippen molar-refractivity contribution in [1.82, 2.24) is 29.9 Å². The Morgan fingerprint density at radius 2 is 0.500 bits per heavy atom. The molecule has 0 amide bonds. The van der Waals surface area contributed by atoms with E-state index in [2.05, 4.69) is 30.3 Å². The van der Waals surface area contributed by atoms with Crippen LogP contribution in [0, 0.1) is 11.3 Å². The quantitative estimate of drug-likeness (QED) is 0.143. The van der Waals surface area contributed by atoms with Gasteiger partial charge in [0.25, 0.3) is 0 Å². The van der Waals surface area contributed by atoms with Crippen LogP contribution in [-0.2, 0) is 0 Å². The lowest BCUT2D eigenvalue weighted by Crippen LogP contribution is -2.01. The molecular formula is C55H35N7. The molecule has 0 saturated heterocycles. The van der Waals surface area contributed by atoms with E-state index in [1.54, 1.807) is 0 Å². The SMILES string of the molecule is N#Cc1c(-c2ccccc2-c2ccc(-c3nc(-c4ccccc4)nc(-c4ccccc4)n3)cc2)cccc1-c1ccccc1-c1nc(-c2ccccc2)nc(-c2ccccc2)n1. The second-order valence-corrected chi connectivity index (χ2v) is 14.6. The fourth-order valence-corrected chi connectivity index (χ4v) is 7.67. The van der Waals surface area contributed by atoms with Gasteiger partial charge in [0, 0.05) is 44.5 Å². The largest absolute Gasteiger partial charge is 0.208 e. The van der Waals surface area contributed by atoms with Crippen molar-refractivity contribution in [1.29, 1.82) is 5.26 Å². The number of rotatable bonds is 9. The first-order chi connectivity index (χ1) is 30.7. The molecule has 0 radical (unpaired) electrons. The van der Waals surface area contributed by atoms with Gasteiger partial charge >= 0.3 is 0 Å². The molecule has 8 aromatic carbocycles. The summed E-state index contributed by atoms with van der Waals surface area (Å²) in [4.78, 5) is 29.7. The van der Waals surface area contributed by atoms with Crippen LogP contribution in [0.3, 0.4) is 0 Å². The lowest BCUT2D eigenvalue weighted by atomic mass is 9.87. The maximum Gasteiger partial charge on any atom is 0.164 e. The Bertz CT molecular complexity index is 3110. The van der Waals surface area contributed by atoms with Crippen LogP contribution in [0.1, 0.15) is 5.56 Å². The molecule has 2 heterocycles. The molecule has 0 unspecified atom stereocenters. The molecule has 0 aliphatic rings. The fraction of sp³-hybridized carbons (Fsp3) is 0. The number of benzene rings is 8. The van der Waals surface area contributed by atoms with Crippen molar-refractivity contribution in [2.75, 3.05) is 0 Å². The van der Waals surface area contributed by atoms with Gasteiger partial charge in [-0.25, -0.2) is 29.9 Å². The molecule has 0 atom stereocenters. The van der Waals surface area contributed by atoms with Crippen LogP contribution in [0.2, 0.25) is 0 Å². The van der Waals surface area contributed by atoms with Crippen molar-refractivity contribution in [3.63, 3.8) is 0 Å². The van der Waals surface area contributed by atoms with Crippen LogP contribution >= 0.6 is 0 Å². The first-order valence-corrected chi connectivity index (χ1v) is 20.3. The van der Waals surface area contributed by atoms with Gasteiger partial charge in [-0.05, 0) is 22.3 Å².